The van der Waals surface area contributed by atoms with E-state index in [1.54, 1.807) is 12.1 Å². The molecule has 2 unspecified atom stereocenters. The van der Waals surface area contributed by atoms with E-state index in [1.165, 1.54) is 12.1 Å². The Bertz CT molecular complexity index is 434. The maximum absolute atomic E-state index is 12.7. The molecule has 2 fully saturated rings. The van der Waals surface area contributed by atoms with Gasteiger partial charge >= 0.3 is 6.03 Å². The molecule has 5 heteroatoms. The zero-order valence-corrected chi connectivity index (χ0v) is 10.0. The number of piperazine rings is 1. The van der Waals surface area contributed by atoms with Crippen LogP contribution < -0.4 is 10.6 Å². The lowest BCUT2D eigenvalue weighted by atomic mass is 9.89. The lowest BCUT2D eigenvalue weighted by molar-refractivity contribution is 0.0243. The number of urea groups is 1. The molecule has 3 rings (SSSR count). The summed E-state index contributed by atoms with van der Waals surface area (Å²) in [5.41, 5.74) is 0.911. The van der Waals surface area contributed by atoms with Crippen molar-refractivity contribution >= 4 is 6.03 Å². The van der Waals surface area contributed by atoms with Crippen LogP contribution in [0, 0.1) is 5.82 Å². The van der Waals surface area contributed by atoms with Gasteiger partial charge in [-0.05, 0) is 24.1 Å². The number of hydrogen-bond acceptors (Lipinski definition) is 2. The first-order chi connectivity index (χ1) is 8.74. The molecule has 0 saturated carbocycles. The van der Waals surface area contributed by atoms with Gasteiger partial charge in [0.2, 0.25) is 0 Å². The number of nitrogens with one attached hydrogen (secondary N) is 2. The second kappa shape index (κ2) is 4.57. The van der Waals surface area contributed by atoms with Gasteiger partial charge < -0.3 is 15.5 Å². The van der Waals surface area contributed by atoms with Crippen molar-refractivity contribution in [3.05, 3.63) is 35.6 Å². The lowest BCUT2D eigenvalue weighted by Crippen LogP contribution is -2.70. The SMILES string of the molecule is O=C(NCc1ccc(F)cc1)N1C2CNCC1C2. The van der Waals surface area contributed by atoms with Crippen LogP contribution in [0.5, 0.6) is 0 Å². The fraction of sp³-hybridized carbons (Fsp3) is 0.462. The number of fused-ring (bicyclic) bond motifs is 2. The first-order valence-corrected chi connectivity index (χ1v) is 6.25. The Morgan fingerprint density at radius 2 is 2.00 bits per heavy atom. The molecule has 18 heavy (non-hydrogen) atoms. The smallest absolute Gasteiger partial charge is 0.318 e. The van der Waals surface area contributed by atoms with Gasteiger partial charge in [0.15, 0.2) is 0 Å². The van der Waals surface area contributed by atoms with Crippen LogP contribution in [0.25, 0.3) is 0 Å². The molecular weight excluding hydrogens is 233 g/mol. The van der Waals surface area contributed by atoms with Crippen molar-refractivity contribution in [1.82, 2.24) is 15.5 Å². The molecule has 0 radical (unpaired) electrons. The van der Waals surface area contributed by atoms with Crippen LogP contribution in [0.4, 0.5) is 9.18 Å². The minimum absolute atomic E-state index is 0.0120. The summed E-state index contributed by atoms with van der Waals surface area (Å²) < 4.78 is 12.7. The number of nitrogens with zero attached hydrogens (tertiary/aromatic N) is 1. The van der Waals surface area contributed by atoms with Gasteiger partial charge in [-0.25, -0.2) is 9.18 Å². The van der Waals surface area contributed by atoms with E-state index in [0.29, 0.717) is 18.6 Å². The number of hydrogen-bond donors (Lipinski definition) is 2. The highest BCUT2D eigenvalue weighted by Gasteiger charge is 2.44. The molecule has 2 heterocycles. The van der Waals surface area contributed by atoms with Gasteiger partial charge in [-0.15, -0.1) is 0 Å². The van der Waals surface area contributed by atoms with E-state index in [0.717, 1.165) is 25.1 Å². The summed E-state index contributed by atoms with van der Waals surface area (Å²) in [5, 5.41) is 6.17. The van der Waals surface area contributed by atoms with Gasteiger partial charge in [0.25, 0.3) is 0 Å². The average molecular weight is 249 g/mol. The highest BCUT2D eigenvalue weighted by atomic mass is 19.1. The van der Waals surface area contributed by atoms with Gasteiger partial charge in [0.1, 0.15) is 5.82 Å². The number of benzene rings is 1. The van der Waals surface area contributed by atoms with Crippen molar-refractivity contribution in [2.75, 3.05) is 13.1 Å². The summed E-state index contributed by atoms with van der Waals surface area (Å²) in [7, 11) is 0. The van der Waals surface area contributed by atoms with Crippen molar-refractivity contribution in [3.8, 4) is 0 Å². The van der Waals surface area contributed by atoms with Crippen molar-refractivity contribution in [3.63, 3.8) is 0 Å². The fourth-order valence-electron chi connectivity index (χ4n) is 2.68. The number of halogens is 1. The Hall–Kier alpha value is -1.62. The van der Waals surface area contributed by atoms with Gasteiger partial charge in [0.05, 0.1) is 0 Å². The molecular formula is C13H16FN3O. The Labute approximate surface area is 105 Å². The number of piperidine rings is 1. The molecule has 2 aliphatic rings. The molecule has 96 valence electrons. The van der Waals surface area contributed by atoms with Crippen molar-refractivity contribution in [2.45, 2.75) is 25.0 Å². The number of carbonyl (C=O) groups excluding carboxylic acids is 1. The summed E-state index contributed by atoms with van der Waals surface area (Å²) in [6.07, 6.45) is 1.11. The molecule has 2 bridgehead atoms. The zero-order chi connectivity index (χ0) is 12.5. The molecule has 0 aliphatic carbocycles. The van der Waals surface area contributed by atoms with Crippen LogP contribution >= 0.6 is 0 Å². The summed E-state index contributed by atoms with van der Waals surface area (Å²) >= 11 is 0. The molecule has 2 aliphatic heterocycles. The quantitative estimate of drug-likeness (QED) is 0.824. The van der Waals surface area contributed by atoms with Crippen LogP contribution in [-0.4, -0.2) is 36.1 Å². The summed E-state index contributed by atoms with van der Waals surface area (Å²) in [5.74, 6) is -0.256. The third-order valence-electron chi connectivity index (χ3n) is 3.68. The second-order valence-corrected chi connectivity index (χ2v) is 4.89. The Morgan fingerprint density at radius 3 is 2.61 bits per heavy atom. The van der Waals surface area contributed by atoms with E-state index in [-0.39, 0.29) is 11.8 Å². The molecule has 1 aromatic carbocycles. The standard InChI is InChI=1S/C13H16FN3O/c14-10-3-1-9(2-4-10)6-16-13(18)17-11-5-12(17)8-15-7-11/h1-4,11-12,15H,5-8H2,(H,16,18). The number of carbonyl (C=O) groups is 1. The van der Waals surface area contributed by atoms with Crippen molar-refractivity contribution in [2.24, 2.45) is 0 Å². The third kappa shape index (κ3) is 2.06. The van der Waals surface area contributed by atoms with Crippen LogP contribution in [0.2, 0.25) is 0 Å². The van der Waals surface area contributed by atoms with Crippen LogP contribution in [-0.2, 0) is 6.54 Å². The molecule has 2 amide bonds. The summed E-state index contributed by atoms with van der Waals surface area (Å²) in [6.45, 7) is 2.23. The van der Waals surface area contributed by atoms with Crippen molar-refractivity contribution < 1.29 is 9.18 Å². The summed E-state index contributed by atoms with van der Waals surface area (Å²) in [4.78, 5) is 13.9. The minimum atomic E-state index is -0.256. The monoisotopic (exact) mass is 249 g/mol. The Balaban J connectivity index is 1.54. The average Bonchev–Trinajstić information content (AvgIpc) is 2.39. The van der Waals surface area contributed by atoms with E-state index >= 15 is 0 Å². The second-order valence-electron chi connectivity index (χ2n) is 4.89. The number of rotatable bonds is 2. The van der Waals surface area contributed by atoms with Gasteiger partial charge in [0, 0.05) is 31.7 Å². The molecule has 2 atom stereocenters. The first-order valence-electron chi connectivity index (χ1n) is 6.25. The highest BCUT2D eigenvalue weighted by molar-refractivity contribution is 5.76. The maximum Gasteiger partial charge on any atom is 0.318 e. The molecule has 0 aromatic heterocycles. The van der Waals surface area contributed by atoms with Crippen LogP contribution in [0.1, 0.15) is 12.0 Å². The first kappa shape index (κ1) is 11.5. The molecule has 4 nitrogen and oxygen atoms in total. The predicted octanol–water partition coefficient (Wildman–Crippen LogP) is 1.08. The zero-order valence-electron chi connectivity index (χ0n) is 10.0. The minimum Gasteiger partial charge on any atom is -0.334 e. The fourth-order valence-corrected chi connectivity index (χ4v) is 2.68. The third-order valence-corrected chi connectivity index (χ3v) is 3.68. The van der Waals surface area contributed by atoms with E-state index < -0.39 is 0 Å². The Kier molecular flexibility index (Phi) is 2.91. The topological polar surface area (TPSA) is 44.4 Å². The van der Waals surface area contributed by atoms with Crippen molar-refractivity contribution in [1.29, 1.82) is 0 Å². The highest BCUT2D eigenvalue weighted by Crippen LogP contribution is 2.28. The molecule has 2 saturated heterocycles. The lowest BCUT2D eigenvalue weighted by Gasteiger charge is -2.52. The van der Waals surface area contributed by atoms with Gasteiger partial charge in [-0.1, -0.05) is 12.1 Å². The van der Waals surface area contributed by atoms with E-state index in [1.807, 2.05) is 4.90 Å². The van der Waals surface area contributed by atoms with Gasteiger partial charge in [-0.2, -0.15) is 0 Å². The van der Waals surface area contributed by atoms with E-state index in [9.17, 15) is 9.18 Å². The molecule has 1 aromatic rings. The number of amides is 2. The molecule has 0 spiro atoms. The maximum atomic E-state index is 12.7. The predicted molar refractivity (Wildman–Crippen MR) is 65.5 cm³/mol. The molecule has 2 N–H and O–H groups in total. The van der Waals surface area contributed by atoms with E-state index in [2.05, 4.69) is 10.6 Å². The largest absolute Gasteiger partial charge is 0.334 e. The normalized spacial score (nSPS) is 25.5. The van der Waals surface area contributed by atoms with E-state index in [4.69, 9.17) is 0 Å². The van der Waals surface area contributed by atoms with Crippen LogP contribution in [0.15, 0.2) is 24.3 Å². The van der Waals surface area contributed by atoms with Gasteiger partial charge in [-0.3, -0.25) is 0 Å². The van der Waals surface area contributed by atoms with Crippen LogP contribution in [0.3, 0.4) is 0 Å². The Morgan fingerprint density at radius 1 is 1.33 bits per heavy atom. The summed E-state index contributed by atoms with van der Waals surface area (Å²) in [6, 6.07) is 6.87.